The Morgan fingerprint density at radius 1 is 0.800 bits per heavy atom. The lowest BCUT2D eigenvalue weighted by Crippen LogP contribution is -2.25. The molecule has 0 saturated carbocycles. The first kappa shape index (κ1) is 19.5. The first-order chi connectivity index (χ1) is 12.1. The summed E-state index contributed by atoms with van der Waals surface area (Å²) in [6, 6.07) is 17.2. The van der Waals surface area contributed by atoms with Gasteiger partial charge in [-0.1, -0.05) is 63.1 Å². The molecule has 0 bridgehead atoms. The predicted molar refractivity (Wildman–Crippen MR) is 106 cm³/mol. The molecule has 0 aliphatic carbocycles. The third kappa shape index (κ3) is 5.34. The Kier molecular flexibility index (Phi) is 7.52. The van der Waals surface area contributed by atoms with Crippen LogP contribution in [0.25, 0.3) is 11.1 Å². The fraction of sp³-hybridized carbons (Fsp3) is 0.478. The van der Waals surface area contributed by atoms with Crippen molar-refractivity contribution < 1.29 is 9.47 Å². The number of rotatable bonds is 10. The van der Waals surface area contributed by atoms with E-state index in [0.29, 0.717) is 0 Å². The fourth-order valence-electron chi connectivity index (χ4n) is 3.19. The lowest BCUT2D eigenvalue weighted by molar-refractivity contribution is -0.0363. The highest BCUT2D eigenvalue weighted by atomic mass is 16.5. The van der Waals surface area contributed by atoms with Crippen molar-refractivity contribution in [2.45, 2.75) is 59.0 Å². The van der Waals surface area contributed by atoms with Gasteiger partial charge >= 0.3 is 0 Å². The molecule has 2 heteroatoms. The molecule has 2 nitrogen and oxygen atoms in total. The molecule has 0 N–H and O–H groups in total. The zero-order valence-corrected chi connectivity index (χ0v) is 16.2. The quantitative estimate of drug-likeness (QED) is 0.454. The van der Waals surface area contributed by atoms with Crippen LogP contribution in [0.1, 0.15) is 58.9 Å². The molecular formula is C23H32O2. The molecule has 0 saturated heterocycles. The minimum atomic E-state index is -0.195. The largest absolute Gasteiger partial charge is 0.494 e. The second kappa shape index (κ2) is 9.62. The van der Waals surface area contributed by atoms with E-state index in [0.717, 1.165) is 44.6 Å². The molecular weight excluding hydrogens is 308 g/mol. The van der Waals surface area contributed by atoms with Gasteiger partial charge in [0.15, 0.2) is 0 Å². The SMILES string of the molecule is CCCCOc1ccc(-c2ccc(C(C)(CCC)OCC)cc2)cc1. The Morgan fingerprint density at radius 2 is 1.40 bits per heavy atom. The van der Waals surface area contributed by atoms with Crippen molar-refractivity contribution in [1.29, 1.82) is 0 Å². The standard InChI is InChI=1S/C23H32O2/c1-5-8-18-24-22-15-11-20(12-16-22)19-9-13-21(14-10-19)23(4,17-6-2)25-7-3/h9-16H,5-8,17-18H2,1-4H3. The van der Waals surface area contributed by atoms with Gasteiger partial charge in [0, 0.05) is 6.61 Å². The summed E-state index contributed by atoms with van der Waals surface area (Å²) in [5.41, 5.74) is 3.49. The highest BCUT2D eigenvalue weighted by Crippen LogP contribution is 2.32. The molecule has 136 valence electrons. The van der Waals surface area contributed by atoms with Crippen LogP contribution in [0.4, 0.5) is 0 Å². The first-order valence-corrected chi connectivity index (χ1v) is 9.60. The van der Waals surface area contributed by atoms with Gasteiger partial charge in [0.25, 0.3) is 0 Å². The normalized spacial score (nSPS) is 13.4. The molecule has 0 heterocycles. The van der Waals surface area contributed by atoms with E-state index in [9.17, 15) is 0 Å². The average Bonchev–Trinajstić information content (AvgIpc) is 2.63. The van der Waals surface area contributed by atoms with Gasteiger partial charge < -0.3 is 9.47 Å². The van der Waals surface area contributed by atoms with Crippen LogP contribution < -0.4 is 4.74 Å². The van der Waals surface area contributed by atoms with Crippen LogP contribution in [0, 0.1) is 0 Å². The fourth-order valence-corrected chi connectivity index (χ4v) is 3.19. The van der Waals surface area contributed by atoms with Crippen molar-refractivity contribution in [3.63, 3.8) is 0 Å². The molecule has 0 spiro atoms. The highest BCUT2D eigenvalue weighted by molar-refractivity contribution is 5.64. The van der Waals surface area contributed by atoms with Crippen molar-refractivity contribution in [3.05, 3.63) is 54.1 Å². The van der Waals surface area contributed by atoms with Crippen LogP contribution in [-0.2, 0) is 10.3 Å². The van der Waals surface area contributed by atoms with E-state index in [4.69, 9.17) is 9.47 Å². The van der Waals surface area contributed by atoms with Crippen molar-refractivity contribution in [3.8, 4) is 16.9 Å². The summed E-state index contributed by atoms with van der Waals surface area (Å²) >= 11 is 0. The molecule has 0 aliphatic rings. The number of hydrogen-bond donors (Lipinski definition) is 0. The summed E-state index contributed by atoms with van der Waals surface area (Å²) in [5.74, 6) is 0.945. The van der Waals surface area contributed by atoms with E-state index < -0.39 is 0 Å². The number of benzene rings is 2. The Balaban J connectivity index is 2.11. The van der Waals surface area contributed by atoms with Crippen LogP contribution in [0.15, 0.2) is 48.5 Å². The third-order valence-electron chi connectivity index (χ3n) is 4.64. The summed E-state index contributed by atoms with van der Waals surface area (Å²) in [6.45, 7) is 10.2. The topological polar surface area (TPSA) is 18.5 Å². The van der Waals surface area contributed by atoms with Crippen LogP contribution >= 0.6 is 0 Å². The summed E-state index contributed by atoms with van der Waals surface area (Å²) < 4.78 is 11.8. The molecule has 1 atom stereocenters. The first-order valence-electron chi connectivity index (χ1n) is 9.60. The molecule has 0 aromatic heterocycles. The maximum Gasteiger partial charge on any atom is 0.119 e. The second-order valence-electron chi connectivity index (χ2n) is 6.72. The molecule has 0 aliphatic heterocycles. The molecule has 0 amide bonds. The predicted octanol–water partition coefficient (Wildman–Crippen LogP) is 6.58. The monoisotopic (exact) mass is 340 g/mol. The second-order valence-corrected chi connectivity index (χ2v) is 6.72. The van der Waals surface area contributed by atoms with Crippen LogP contribution in [0.2, 0.25) is 0 Å². The van der Waals surface area contributed by atoms with Crippen molar-refractivity contribution in [1.82, 2.24) is 0 Å². The van der Waals surface area contributed by atoms with Crippen LogP contribution in [0.5, 0.6) is 5.75 Å². The zero-order valence-electron chi connectivity index (χ0n) is 16.2. The molecule has 0 radical (unpaired) electrons. The summed E-state index contributed by atoms with van der Waals surface area (Å²) in [7, 11) is 0. The molecule has 2 aromatic rings. The molecule has 2 rings (SSSR count). The van der Waals surface area contributed by atoms with Crippen molar-refractivity contribution >= 4 is 0 Å². The van der Waals surface area contributed by atoms with Gasteiger partial charge in [-0.2, -0.15) is 0 Å². The summed E-state index contributed by atoms with van der Waals surface area (Å²) in [5, 5.41) is 0. The maximum absolute atomic E-state index is 6.05. The van der Waals surface area contributed by atoms with Crippen molar-refractivity contribution in [2.75, 3.05) is 13.2 Å². The third-order valence-corrected chi connectivity index (χ3v) is 4.64. The molecule has 2 aromatic carbocycles. The lowest BCUT2D eigenvalue weighted by Gasteiger charge is -2.30. The number of hydrogen-bond acceptors (Lipinski definition) is 2. The molecule has 25 heavy (non-hydrogen) atoms. The van der Waals surface area contributed by atoms with E-state index in [2.05, 4.69) is 76.2 Å². The minimum Gasteiger partial charge on any atom is -0.494 e. The average molecular weight is 341 g/mol. The smallest absolute Gasteiger partial charge is 0.119 e. The highest BCUT2D eigenvalue weighted by Gasteiger charge is 2.25. The van der Waals surface area contributed by atoms with Gasteiger partial charge in [-0.25, -0.2) is 0 Å². The molecule has 0 fully saturated rings. The molecule has 1 unspecified atom stereocenters. The minimum absolute atomic E-state index is 0.195. The number of unbranched alkanes of at least 4 members (excludes halogenated alkanes) is 1. The van der Waals surface area contributed by atoms with Gasteiger partial charge in [0.05, 0.1) is 12.2 Å². The van der Waals surface area contributed by atoms with Crippen molar-refractivity contribution in [2.24, 2.45) is 0 Å². The van der Waals surface area contributed by atoms with Crippen LogP contribution in [0.3, 0.4) is 0 Å². The van der Waals surface area contributed by atoms with E-state index in [1.807, 2.05) is 0 Å². The van der Waals surface area contributed by atoms with E-state index in [-0.39, 0.29) is 5.60 Å². The number of ether oxygens (including phenoxy) is 2. The summed E-state index contributed by atoms with van der Waals surface area (Å²) in [4.78, 5) is 0. The van der Waals surface area contributed by atoms with E-state index in [1.165, 1.54) is 16.7 Å². The van der Waals surface area contributed by atoms with Gasteiger partial charge in [0.2, 0.25) is 0 Å². The van der Waals surface area contributed by atoms with Gasteiger partial charge in [-0.05, 0) is 55.5 Å². The van der Waals surface area contributed by atoms with Gasteiger partial charge in [0.1, 0.15) is 5.75 Å². The van der Waals surface area contributed by atoms with Gasteiger partial charge in [-0.3, -0.25) is 0 Å². The van der Waals surface area contributed by atoms with E-state index in [1.54, 1.807) is 0 Å². The van der Waals surface area contributed by atoms with Gasteiger partial charge in [-0.15, -0.1) is 0 Å². The zero-order chi connectivity index (χ0) is 18.1. The lowest BCUT2D eigenvalue weighted by atomic mass is 9.89. The Morgan fingerprint density at radius 3 is 1.92 bits per heavy atom. The Hall–Kier alpha value is -1.80. The van der Waals surface area contributed by atoms with Crippen LogP contribution in [-0.4, -0.2) is 13.2 Å². The Labute approximate surface area is 153 Å². The van der Waals surface area contributed by atoms with E-state index >= 15 is 0 Å². The summed E-state index contributed by atoms with van der Waals surface area (Å²) in [6.07, 6.45) is 4.39. The maximum atomic E-state index is 6.05. The Bertz CT molecular complexity index is 608.